The molecule has 0 aliphatic heterocycles. The molecule has 0 fully saturated rings. The monoisotopic (exact) mass is 120 g/mol. The second-order valence-corrected chi connectivity index (χ2v) is 1.74. The molecule has 0 aromatic carbocycles. The Morgan fingerprint density at radius 2 is 2.25 bits per heavy atom. The van der Waals surface area contributed by atoms with Crippen LogP contribution in [-0.4, -0.2) is 36.9 Å². The summed E-state index contributed by atoms with van der Waals surface area (Å²) in [5.74, 6) is 4.78. The molecule has 0 aromatic rings. The van der Waals surface area contributed by atoms with E-state index < -0.39 is 0 Å². The molecule has 0 bridgehead atoms. The van der Waals surface area contributed by atoms with E-state index in [0.29, 0.717) is 0 Å². The van der Waals surface area contributed by atoms with Crippen molar-refractivity contribution < 1.29 is 9.94 Å². The van der Waals surface area contributed by atoms with E-state index in [4.69, 9.17) is 11.0 Å². The van der Waals surface area contributed by atoms with E-state index in [9.17, 15) is 0 Å². The summed E-state index contributed by atoms with van der Waals surface area (Å²) in [5, 5.41) is 8.45. The van der Waals surface area contributed by atoms with Crippen molar-refractivity contribution in [1.82, 2.24) is 4.90 Å². The van der Waals surface area contributed by atoms with Gasteiger partial charge in [0.1, 0.15) is 0 Å². The summed E-state index contributed by atoms with van der Waals surface area (Å²) in [5.41, 5.74) is 0. The van der Waals surface area contributed by atoms with Crippen LogP contribution in [0.5, 0.6) is 0 Å². The molecule has 0 heterocycles. The zero-order valence-corrected chi connectivity index (χ0v) is 5.16. The highest BCUT2D eigenvalue weighted by Gasteiger charge is 2.06. The maximum Gasteiger partial charge on any atom is 0.154 e. The van der Waals surface area contributed by atoms with Gasteiger partial charge in [-0.1, -0.05) is 0 Å². The number of hydrogen-bond donors (Lipinski definition) is 2. The van der Waals surface area contributed by atoms with Gasteiger partial charge in [0.2, 0.25) is 0 Å². The standard InChI is InChI=1S/C4H12N2O2/c1-6(2)4(3-7)8-5/h4,7H,3,5H2,1-2H3. The normalized spacial score (nSPS) is 14.6. The van der Waals surface area contributed by atoms with Gasteiger partial charge in [0.15, 0.2) is 6.23 Å². The SMILES string of the molecule is CN(C)C(CO)ON. The van der Waals surface area contributed by atoms with Gasteiger partial charge in [-0.05, 0) is 14.1 Å². The molecule has 0 radical (unpaired) electrons. The van der Waals surface area contributed by atoms with Crippen molar-refractivity contribution in [3.8, 4) is 0 Å². The predicted octanol–water partition coefficient (Wildman–Crippen LogP) is -1.24. The van der Waals surface area contributed by atoms with Crippen molar-refractivity contribution in [3.63, 3.8) is 0 Å². The lowest BCUT2D eigenvalue weighted by Gasteiger charge is -2.18. The van der Waals surface area contributed by atoms with Crippen LogP contribution in [0.4, 0.5) is 0 Å². The minimum absolute atomic E-state index is 0.0799. The Morgan fingerprint density at radius 3 is 2.25 bits per heavy atom. The molecule has 8 heavy (non-hydrogen) atoms. The van der Waals surface area contributed by atoms with E-state index in [-0.39, 0.29) is 12.8 Å². The first-order chi connectivity index (χ1) is 3.72. The minimum atomic E-state index is -0.380. The molecular weight excluding hydrogens is 108 g/mol. The lowest BCUT2D eigenvalue weighted by molar-refractivity contribution is -0.0683. The van der Waals surface area contributed by atoms with Crippen LogP contribution >= 0.6 is 0 Å². The minimum Gasteiger partial charge on any atom is -0.392 e. The van der Waals surface area contributed by atoms with E-state index in [1.165, 1.54) is 0 Å². The van der Waals surface area contributed by atoms with Crippen LogP contribution in [0.3, 0.4) is 0 Å². The van der Waals surface area contributed by atoms with Gasteiger partial charge in [0.25, 0.3) is 0 Å². The van der Waals surface area contributed by atoms with E-state index in [1.807, 2.05) is 0 Å². The van der Waals surface area contributed by atoms with Gasteiger partial charge in [-0.2, -0.15) is 0 Å². The zero-order valence-electron chi connectivity index (χ0n) is 5.16. The number of nitrogens with two attached hydrogens (primary N) is 1. The third kappa shape index (κ3) is 2.23. The third-order valence-corrected chi connectivity index (χ3v) is 0.889. The second kappa shape index (κ2) is 3.80. The van der Waals surface area contributed by atoms with Crippen LogP contribution in [0, 0.1) is 0 Å². The summed E-state index contributed by atoms with van der Waals surface area (Å²) in [6.07, 6.45) is -0.380. The topological polar surface area (TPSA) is 58.7 Å². The van der Waals surface area contributed by atoms with Crippen molar-refractivity contribution in [2.24, 2.45) is 5.90 Å². The van der Waals surface area contributed by atoms with Crippen LogP contribution in [0.15, 0.2) is 0 Å². The Balaban J connectivity index is 3.35. The first-order valence-electron chi connectivity index (χ1n) is 2.35. The molecule has 0 rings (SSSR count). The lowest BCUT2D eigenvalue weighted by Crippen LogP contribution is -2.35. The molecule has 1 atom stereocenters. The molecule has 4 heteroatoms. The van der Waals surface area contributed by atoms with Gasteiger partial charge in [-0.25, -0.2) is 5.90 Å². The van der Waals surface area contributed by atoms with Gasteiger partial charge in [-0.15, -0.1) is 0 Å². The largest absolute Gasteiger partial charge is 0.392 e. The molecule has 0 saturated carbocycles. The fourth-order valence-corrected chi connectivity index (χ4v) is 0.328. The first kappa shape index (κ1) is 7.84. The average molecular weight is 120 g/mol. The van der Waals surface area contributed by atoms with E-state index in [0.717, 1.165) is 0 Å². The van der Waals surface area contributed by atoms with Gasteiger partial charge in [0.05, 0.1) is 6.61 Å². The van der Waals surface area contributed by atoms with Gasteiger partial charge in [0, 0.05) is 0 Å². The van der Waals surface area contributed by atoms with E-state index in [2.05, 4.69) is 4.84 Å². The Kier molecular flexibility index (Phi) is 3.72. The third-order valence-electron chi connectivity index (χ3n) is 0.889. The van der Waals surface area contributed by atoms with E-state index in [1.54, 1.807) is 19.0 Å². The van der Waals surface area contributed by atoms with Gasteiger partial charge >= 0.3 is 0 Å². The quantitative estimate of drug-likeness (QED) is 0.361. The summed E-state index contributed by atoms with van der Waals surface area (Å²) in [4.78, 5) is 6.02. The molecule has 4 nitrogen and oxygen atoms in total. The highest BCUT2D eigenvalue weighted by Crippen LogP contribution is 1.87. The number of rotatable bonds is 3. The molecule has 0 saturated heterocycles. The fraction of sp³-hybridized carbons (Fsp3) is 1.00. The first-order valence-corrected chi connectivity index (χ1v) is 2.35. The number of likely N-dealkylation sites (N-methyl/N-ethyl adjacent to an activating group) is 1. The van der Waals surface area contributed by atoms with Crippen LogP contribution < -0.4 is 5.90 Å². The molecular formula is C4H12N2O2. The number of aliphatic hydroxyl groups excluding tert-OH is 1. The Labute approximate surface area is 48.8 Å². The molecule has 0 aliphatic rings. The molecule has 50 valence electrons. The summed E-state index contributed by atoms with van der Waals surface area (Å²) < 4.78 is 0. The summed E-state index contributed by atoms with van der Waals surface area (Å²) in [6.45, 7) is -0.0799. The molecule has 3 N–H and O–H groups in total. The van der Waals surface area contributed by atoms with Crippen molar-refractivity contribution in [3.05, 3.63) is 0 Å². The smallest absolute Gasteiger partial charge is 0.154 e. The van der Waals surface area contributed by atoms with Crippen LogP contribution in [0.2, 0.25) is 0 Å². The van der Waals surface area contributed by atoms with Crippen molar-refractivity contribution in [1.29, 1.82) is 0 Å². The summed E-state index contributed by atoms with van der Waals surface area (Å²) in [6, 6.07) is 0. The number of hydrogen-bond acceptors (Lipinski definition) is 4. The highest BCUT2D eigenvalue weighted by atomic mass is 16.6. The second-order valence-electron chi connectivity index (χ2n) is 1.74. The summed E-state index contributed by atoms with van der Waals surface area (Å²) >= 11 is 0. The Morgan fingerprint density at radius 1 is 1.75 bits per heavy atom. The zero-order chi connectivity index (χ0) is 6.57. The Bertz CT molecular complexity index is 54.0. The molecule has 0 spiro atoms. The van der Waals surface area contributed by atoms with Crippen LogP contribution in [0.1, 0.15) is 0 Å². The van der Waals surface area contributed by atoms with E-state index >= 15 is 0 Å². The number of nitrogens with zero attached hydrogens (tertiary/aromatic N) is 1. The lowest BCUT2D eigenvalue weighted by atomic mass is 10.6. The summed E-state index contributed by atoms with van der Waals surface area (Å²) in [7, 11) is 3.54. The van der Waals surface area contributed by atoms with Gasteiger partial charge in [-0.3, -0.25) is 9.74 Å². The highest BCUT2D eigenvalue weighted by molar-refractivity contribution is 4.46. The maximum atomic E-state index is 8.45. The molecule has 1 unspecified atom stereocenters. The maximum absolute atomic E-state index is 8.45. The van der Waals surface area contributed by atoms with Gasteiger partial charge < -0.3 is 5.11 Å². The molecule has 0 amide bonds. The van der Waals surface area contributed by atoms with Crippen molar-refractivity contribution >= 4 is 0 Å². The van der Waals surface area contributed by atoms with Crippen LogP contribution in [0.25, 0.3) is 0 Å². The molecule has 0 aromatic heterocycles. The molecule has 0 aliphatic carbocycles. The fourth-order valence-electron chi connectivity index (χ4n) is 0.328. The van der Waals surface area contributed by atoms with Crippen LogP contribution in [-0.2, 0) is 4.84 Å². The number of aliphatic hydroxyl groups is 1. The Hall–Kier alpha value is -0.160. The average Bonchev–Trinajstić information content (AvgIpc) is 1.69. The predicted molar refractivity (Wildman–Crippen MR) is 29.8 cm³/mol. The van der Waals surface area contributed by atoms with Crippen molar-refractivity contribution in [2.75, 3.05) is 20.7 Å². The van der Waals surface area contributed by atoms with Crippen molar-refractivity contribution in [2.45, 2.75) is 6.23 Å².